The Morgan fingerprint density at radius 3 is 2.88 bits per heavy atom. The van der Waals surface area contributed by atoms with E-state index in [4.69, 9.17) is 21.1 Å². The molecule has 1 unspecified atom stereocenters. The number of guanidine groups is 1. The van der Waals surface area contributed by atoms with Gasteiger partial charge in [0.05, 0.1) is 12.7 Å². The monoisotopic (exact) mass is 353 g/mol. The summed E-state index contributed by atoms with van der Waals surface area (Å²) in [7, 11) is 0. The first-order chi connectivity index (χ1) is 11.8. The molecule has 2 rings (SSSR count). The van der Waals surface area contributed by atoms with Crippen LogP contribution in [0.2, 0.25) is 5.02 Å². The Labute approximate surface area is 149 Å². The summed E-state index contributed by atoms with van der Waals surface area (Å²) in [4.78, 5) is 4.58. The quantitative estimate of drug-likeness (QED) is 0.407. The molecule has 2 N–H and O–H groups in total. The van der Waals surface area contributed by atoms with Gasteiger partial charge in [-0.2, -0.15) is 0 Å². The Morgan fingerprint density at radius 1 is 1.33 bits per heavy atom. The molecule has 1 aromatic rings. The summed E-state index contributed by atoms with van der Waals surface area (Å²) in [6, 6.07) is 7.95. The van der Waals surface area contributed by atoms with Gasteiger partial charge in [-0.15, -0.1) is 0 Å². The second-order valence-electron chi connectivity index (χ2n) is 5.77. The average molecular weight is 354 g/mol. The summed E-state index contributed by atoms with van der Waals surface area (Å²) in [5, 5.41) is 7.40. The second kappa shape index (κ2) is 11.3. The van der Waals surface area contributed by atoms with Crippen LogP contribution in [0.5, 0.6) is 0 Å². The zero-order valence-corrected chi connectivity index (χ0v) is 15.1. The molecule has 1 fully saturated rings. The highest BCUT2D eigenvalue weighted by Gasteiger charge is 2.15. The molecular formula is C18H28ClN3O2. The number of hydrogen-bond acceptors (Lipinski definition) is 3. The van der Waals surface area contributed by atoms with Gasteiger partial charge in [0.25, 0.3) is 0 Å². The highest BCUT2D eigenvalue weighted by Crippen LogP contribution is 2.09. The van der Waals surface area contributed by atoms with E-state index in [9.17, 15) is 0 Å². The third-order valence-electron chi connectivity index (χ3n) is 3.78. The number of nitrogens with zero attached hydrogens (tertiary/aromatic N) is 1. The van der Waals surface area contributed by atoms with Crippen molar-refractivity contribution in [1.29, 1.82) is 0 Å². The van der Waals surface area contributed by atoms with E-state index < -0.39 is 0 Å². The lowest BCUT2D eigenvalue weighted by Crippen LogP contribution is -2.38. The lowest BCUT2D eigenvalue weighted by Gasteiger charge is -2.12. The minimum atomic E-state index is 0.278. The van der Waals surface area contributed by atoms with Crippen molar-refractivity contribution in [2.75, 3.05) is 39.5 Å². The lowest BCUT2D eigenvalue weighted by atomic mass is 10.1. The maximum atomic E-state index is 5.90. The van der Waals surface area contributed by atoms with E-state index in [1.165, 1.54) is 5.56 Å². The third-order valence-corrected chi connectivity index (χ3v) is 4.03. The molecule has 0 amide bonds. The van der Waals surface area contributed by atoms with Crippen LogP contribution >= 0.6 is 11.6 Å². The number of aliphatic imine (C=N–C) groups is 1. The Kier molecular flexibility index (Phi) is 8.95. The topological polar surface area (TPSA) is 54.9 Å². The van der Waals surface area contributed by atoms with E-state index in [1.807, 2.05) is 12.1 Å². The highest BCUT2D eigenvalue weighted by molar-refractivity contribution is 6.30. The van der Waals surface area contributed by atoms with Gasteiger partial charge in [-0.05, 0) is 43.9 Å². The van der Waals surface area contributed by atoms with Crippen molar-refractivity contribution >= 4 is 17.6 Å². The van der Waals surface area contributed by atoms with Crippen LogP contribution in [-0.4, -0.2) is 51.5 Å². The van der Waals surface area contributed by atoms with E-state index in [0.717, 1.165) is 69.7 Å². The number of rotatable bonds is 9. The predicted molar refractivity (Wildman–Crippen MR) is 98.9 cm³/mol. The van der Waals surface area contributed by atoms with Gasteiger partial charge in [-0.25, -0.2) is 0 Å². The first-order valence-corrected chi connectivity index (χ1v) is 9.11. The molecule has 134 valence electrons. The van der Waals surface area contributed by atoms with Crippen molar-refractivity contribution in [2.45, 2.75) is 32.3 Å². The summed E-state index contributed by atoms with van der Waals surface area (Å²) in [5.41, 5.74) is 1.26. The number of ether oxygens (including phenoxy) is 2. The Morgan fingerprint density at radius 2 is 2.17 bits per heavy atom. The molecule has 1 aromatic carbocycles. The minimum absolute atomic E-state index is 0.278. The zero-order chi connectivity index (χ0) is 17.0. The molecule has 0 aromatic heterocycles. The van der Waals surface area contributed by atoms with Crippen molar-refractivity contribution in [3.63, 3.8) is 0 Å². The zero-order valence-electron chi connectivity index (χ0n) is 14.4. The van der Waals surface area contributed by atoms with Crippen LogP contribution in [-0.2, 0) is 15.9 Å². The minimum Gasteiger partial charge on any atom is -0.379 e. The maximum Gasteiger partial charge on any atom is 0.191 e. The SMILES string of the molecule is CCNC(=NCCCOC1CCOC1)NCCc1ccc(Cl)cc1. The van der Waals surface area contributed by atoms with Crippen LogP contribution in [0.25, 0.3) is 0 Å². The average Bonchev–Trinajstić information content (AvgIpc) is 3.10. The largest absolute Gasteiger partial charge is 0.379 e. The van der Waals surface area contributed by atoms with Crippen LogP contribution in [0.1, 0.15) is 25.3 Å². The standard InChI is InChI=1S/C18H28ClN3O2/c1-2-20-18(21-10-3-12-24-17-9-13-23-14-17)22-11-8-15-4-6-16(19)7-5-15/h4-7,17H,2-3,8-14H2,1H3,(H2,20,21,22). The second-order valence-corrected chi connectivity index (χ2v) is 6.21. The van der Waals surface area contributed by atoms with Gasteiger partial charge in [0.15, 0.2) is 5.96 Å². The van der Waals surface area contributed by atoms with Crippen LogP contribution in [0.15, 0.2) is 29.3 Å². The molecule has 1 saturated heterocycles. The fourth-order valence-corrected chi connectivity index (χ4v) is 2.59. The van der Waals surface area contributed by atoms with Gasteiger partial charge in [-0.3, -0.25) is 4.99 Å². The van der Waals surface area contributed by atoms with Gasteiger partial charge >= 0.3 is 0 Å². The summed E-state index contributed by atoms with van der Waals surface area (Å²) >= 11 is 5.90. The van der Waals surface area contributed by atoms with Gasteiger partial charge in [0, 0.05) is 37.9 Å². The molecule has 0 bridgehead atoms. The summed E-state index contributed by atoms with van der Waals surface area (Å²) < 4.78 is 11.0. The Bertz CT molecular complexity index is 488. The summed E-state index contributed by atoms with van der Waals surface area (Å²) in [6.45, 7) is 6.81. The van der Waals surface area contributed by atoms with Crippen molar-refractivity contribution in [3.8, 4) is 0 Å². The van der Waals surface area contributed by atoms with Gasteiger partial charge < -0.3 is 20.1 Å². The molecule has 0 spiro atoms. The van der Waals surface area contributed by atoms with Gasteiger partial charge in [-0.1, -0.05) is 23.7 Å². The molecule has 1 aliphatic heterocycles. The van der Waals surface area contributed by atoms with Crippen molar-refractivity contribution in [1.82, 2.24) is 10.6 Å². The first kappa shape index (κ1) is 19.0. The van der Waals surface area contributed by atoms with Crippen molar-refractivity contribution in [3.05, 3.63) is 34.9 Å². The molecule has 0 aliphatic carbocycles. The molecule has 1 atom stereocenters. The highest BCUT2D eigenvalue weighted by atomic mass is 35.5. The molecule has 0 radical (unpaired) electrons. The van der Waals surface area contributed by atoms with Crippen LogP contribution < -0.4 is 10.6 Å². The number of halogens is 1. The third kappa shape index (κ3) is 7.51. The summed E-state index contributed by atoms with van der Waals surface area (Å²) in [6.07, 6.45) is 3.15. The predicted octanol–water partition coefficient (Wildman–Crippen LogP) is 2.63. The molecule has 6 heteroatoms. The summed E-state index contributed by atoms with van der Waals surface area (Å²) in [5.74, 6) is 0.857. The number of nitrogens with one attached hydrogen (secondary N) is 2. The molecular weight excluding hydrogens is 326 g/mol. The van der Waals surface area contributed by atoms with E-state index in [1.54, 1.807) is 0 Å². The lowest BCUT2D eigenvalue weighted by molar-refractivity contribution is 0.0424. The molecule has 5 nitrogen and oxygen atoms in total. The first-order valence-electron chi connectivity index (χ1n) is 8.74. The maximum absolute atomic E-state index is 5.90. The smallest absolute Gasteiger partial charge is 0.191 e. The normalized spacial score (nSPS) is 17.9. The Balaban J connectivity index is 1.63. The van der Waals surface area contributed by atoms with Gasteiger partial charge in [0.2, 0.25) is 0 Å². The van der Waals surface area contributed by atoms with Gasteiger partial charge in [0.1, 0.15) is 0 Å². The fourth-order valence-electron chi connectivity index (χ4n) is 2.47. The number of hydrogen-bond donors (Lipinski definition) is 2. The molecule has 1 heterocycles. The van der Waals surface area contributed by atoms with E-state index in [0.29, 0.717) is 0 Å². The molecule has 24 heavy (non-hydrogen) atoms. The van der Waals surface area contributed by atoms with Crippen LogP contribution in [0.4, 0.5) is 0 Å². The van der Waals surface area contributed by atoms with Crippen LogP contribution in [0, 0.1) is 0 Å². The Hall–Kier alpha value is -1.30. The van der Waals surface area contributed by atoms with Crippen molar-refractivity contribution < 1.29 is 9.47 Å². The fraction of sp³-hybridized carbons (Fsp3) is 0.611. The van der Waals surface area contributed by atoms with E-state index >= 15 is 0 Å². The van der Waals surface area contributed by atoms with E-state index in [2.05, 4.69) is 34.7 Å². The van der Waals surface area contributed by atoms with E-state index in [-0.39, 0.29) is 6.10 Å². The van der Waals surface area contributed by atoms with Crippen molar-refractivity contribution in [2.24, 2.45) is 4.99 Å². The number of benzene rings is 1. The molecule has 1 aliphatic rings. The molecule has 0 saturated carbocycles. The van der Waals surface area contributed by atoms with Crippen LogP contribution in [0.3, 0.4) is 0 Å².